The fourth-order valence-corrected chi connectivity index (χ4v) is 5.16. The number of anilines is 2. The van der Waals surface area contributed by atoms with Crippen molar-refractivity contribution in [3.05, 3.63) is 83.7 Å². The second-order valence-corrected chi connectivity index (χ2v) is 8.89. The summed E-state index contributed by atoms with van der Waals surface area (Å²) in [5.41, 5.74) is 10.1. The molecule has 0 radical (unpaired) electrons. The quantitative estimate of drug-likeness (QED) is 0.360. The van der Waals surface area contributed by atoms with Crippen molar-refractivity contribution in [3.8, 4) is 0 Å². The smallest absolute Gasteiger partial charge is 0.335 e. The molecule has 4 aromatic rings. The lowest BCUT2D eigenvalue weighted by atomic mass is 9.96. The van der Waals surface area contributed by atoms with Gasteiger partial charge < -0.3 is 15.7 Å². The maximum atomic E-state index is 11.7. The van der Waals surface area contributed by atoms with Crippen molar-refractivity contribution in [1.29, 1.82) is 0 Å². The SMILES string of the molecule is CCN(c1nn(C2CCCC2)c2cc(N)ccc12)C(c1cccnc1)c1cccc(C(=O)O)c1. The standard InChI is InChI=1S/C27H29N5O2/c1-2-31(25(20-9-6-14-29-17-20)18-7-5-8-19(15-18)27(33)34)26-23-13-12-21(28)16-24(23)32(30-26)22-10-3-4-11-22/h5-9,12-17,22,25H,2-4,10-11,28H2,1H3,(H,33,34). The summed E-state index contributed by atoms with van der Waals surface area (Å²) in [4.78, 5) is 18.3. The van der Waals surface area contributed by atoms with Crippen LogP contribution in [0.15, 0.2) is 67.0 Å². The highest BCUT2D eigenvalue weighted by atomic mass is 16.4. The molecule has 1 aliphatic rings. The van der Waals surface area contributed by atoms with Crippen molar-refractivity contribution in [2.75, 3.05) is 17.2 Å². The number of nitrogens with two attached hydrogens (primary N) is 1. The van der Waals surface area contributed by atoms with Crippen LogP contribution >= 0.6 is 0 Å². The average Bonchev–Trinajstić information content (AvgIpc) is 3.51. The summed E-state index contributed by atoms with van der Waals surface area (Å²) in [5.74, 6) is -0.0692. The lowest BCUT2D eigenvalue weighted by molar-refractivity contribution is 0.0696. The average molecular weight is 456 g/mol. The van der Waals surface area contributed by atoms with E-state index >= 15 is 0 Å². The Morgan fingerprint density at radius 1 is 1.15 bits per heavy atom. The van der Waals surface area contributed by atoms with Gasteiger partial charge in [0, 0.05) is 30.0 Å². The maximum absolute atomic E-state index is 11.7. The van der Waals surface area contributed by atoms with Gasteiger partial charge in [0.15, 0.2) is 5.82 Å². The molecule has 2 heterocycles. The van der Waals surface area contributed by atoms with Crippen LogP contribution in [-0.4, -0.2) is 32.4 Å². The van der Waals surface area contributed by atoms with E-state index < -0.39 is 5.97 Å². The number of hydrogen-bond donors (Lipinski definition) is 2. The van der Waals surface area contributed by atoms with Gasteiger partial charge in [-0.25, -0.2) is 4.79 Å². The molecule has 7 nitrogen and oxygen atoms in total. The number of aromatic carboxylic acids is 1. The maximum Gasteiger partial charge on any atom is 0.335 e. The lowest BCUT2D eigenvalue weighted by Gasteiger charge is -2.32. The van der Waals surface area contributed by atoms with E-state index in [0.29, 0.717) is 12.6 Å². The summed E-state index contributed by atoms with van der Waals surface area (Å²) in [7, 11) is 0. The first-order chi connectivity index (χ1) is 16.6. The van der Waals surface area contributed by atoms with Gasteiger partial charge in [-0.1, -0.05) is 31.0 Å². The molecule has 0 saturated heterocycles. The van der Waals surface area contributed by atoms with Gasteiger partial charge in [0.25, 0.3) is 0 Å². The first-order valence-corrected chi connectivity index (χ1v) is 11.8. The summed E-state index contributed by atoms with van der Waals surface area (Å²) in [6, 6.07) is 17.2. The van der Waals surface area contributed by atoms with Crippen molar-refractivity contribution in [3.63, 3.8) is 0 Å². The second-order valence-electron chi connectivity index (χ2n) is 8.89. The van der Waals surface area contributed by atoms with Crippen LogP contribution in [0.4, 0.5) is 11.5 Å². The Morgan fingerprint density at radius 3 is 2.65 bits per heavy atom. The molecule has 5 rings (SSSR count). The third-order valence-electron chi connectivity index (χ3n) is 6.76. The molecule has 0 spiro atoms. The van der Waals surface area contributed by atoms with E-state index in [1.807, 2.05) is 36.5 Å². The summed E-state index contributed by atoms with van der Waals surface area (Å²) in [6.07, 6.45) is 8.24. The van der Waals surface area contributed by atoms with Crippen LogP contribution in [0.3, 0.4) is 0 Å². The molecule has 1 aliphatic carbocycles. The number of rotatable bonds is 7. The molecular weight excluding hydrogens is 426 g/mol. The van der Waals surface area contributed by atoms with Crippen molar-refractivity contribution in [2.24, 2.45) is 0 Å². The molecule has 34 heavy (non-hydrogen) atoms. The summed E-state index contributed by atoms with van der Waals surface area (Å²) >= 11 is 0. The van der Waals surface area contributed by atoms with Crippen molar-refractivity contribution in [2.45, 2.75) is 44.7 Å². The van der Waals surface area contributed by atoms with Crippen LogP contribution in [0.5, 0.6) is 0 Å². The number of aromatic nitrogens is 3. The zero-order valence-corrected chi connectivity index (χ0v) is 19.3. The Hall–Kier alpha value is -3.87. The number of carbonyl (C=O) groups is 1. The van der Waals surface area contributed by atoms with Crippen molar-refractivity contribution < 1.29 is 9.90 Å². The molecule has 174 valence electrons. The predicted molar refractivity (Wildman–Crippen MR) is 134 cm³/mol. The minimum absolute atomic E-state index is 0.245. The van der Waals surface area contributed by atoms with E-state index in [0.717, 1.165) is 46.4 Å². The minimum atomic E-state index is -0.943. The molecule has 0 amide bonds. The highest BCUT2D eigenvalue weighted by Crippen LogP contribution is 2.40. The molecule has 0 aliphatic heterocycles. The first kappa shape index (κ1) is 21.9. The van der Waals surface area contributed by atoms with Gasteiger partial charge in [0.2, 0.25) is 0 Å². The predicted octanol–water partition coefficient (Wildman–Crippen LogP) is 5.44. The Kier molecular flexibility index (Phi) is 5.92. The van der Waals surface area contributed by atoms with Crippen molar-refractivity contribution >= 4 is 28.4 Å². The molecule has 1 saturated carbocycles. The second kappa shape index (κ2) is 9.17. The van der Waals surface area contributed by atoms with Gasteiger partial charge in [-0.3, -0.25) is 9.67 Å². The van der Waals surface area contributed by atoms with E-state index in [1.165, 1.54) is 12.8 Å². The Balaban J connectivity index is 1.70. The van der Waals surface area contributed by atoms with Crippen LogP contribution in [0.1, 0.15) is 66.2 Å². The Morgan fingerprint density at radius 2 is 1.94 bits per heavy atom. The van der Waals surface area contributed by atoms with E-state index in [4.69, 9.17) is 10.8 Å². The number of pyridine rings is 1. The summed E-state index contributed by atoms with van der Waals surface area (Å²) < 4.78 is 2.16. The van der Waals surface area contributed by atoms with Crippen LogP contribution < -0.4 is 10.6 Å². The third kappa shape index (κ3) is 3.98. The zero-order chi connectivity index (χ0) is 23.7. The number of hydrogen-bond acceptors (Lipinski definition) is 5. The van der Waals surface area contributed by atoms with Crippen LogP contribution in [-0.2, 0) is 0 Å². The molecule has 2 aromatic carbocycles. The van der Waals surface area contributed by atoms with Gasteiger partial charge in [-0.15, -0.1) is 0 Å². The van der Waals surface area contributed by atoms with E-state index in [-0.39, 0.29) is 11.6 Å². The number of carboxylic acids is 1. The Labute approximate surface area is 198 Å². The van der Waals surface area contributed by atoms with Crippen LogP contribution in [0.2, 0.25) is 0 Å². The van der Waals surface area contributed by atoms with Gasteiger partial charge in [-0.2, -0.15) is 5.10 Å². The fraction of sp³-hybridized carbons (Fsp3) is 0.296. The molecule has 1 fully saturated rings. The lowest BCUT2D eigenvalue weighted by Crippen LogP contribution is -2.30. The molecule has 1 unspecified atom stereocenters. The van der Waals surface area contributed by atoms with Crippen LogP contribution in [0, 0.1) is 0 Å². The highest BCUT2D eigenvalue weighted by molar-refractivity contribution is 5.93. The Bertz CT molecular complexity index is 1310. The number of nitrogens with zero attached hydrogens (tertiary/aromatic N) is 4. The molecule has 7 heteroatoms. The molecular formula is C27H29N5O2. The third-order valence-corrected chi connectivity index (χ3v) is 6.76. The largest absolute Gasteiger partial charge is 0.478 e. The van der Waals surface area contributed by atoms with E-state index in [1.54, 1.807) is 24.4 Å². The number of nitrogen functional groups attached to an aromatic ring is 1. The number of carboxylic acid groups (broad SMARTS) is 1. The van der Waals surface area contributed by atoms with Gasteiger partial charge in [-0.05, 0) is 67.3 Å². The molecule has 2 aromatic heterocycles. The van der Waals surface area contributed by atoms with Gasteiger partial charge in [0.1, 0.15) is 0 Å². The van der Waals surface area contributed by atoms with Crippen LogP contribution in [0.25, 0.3) is 10.9 Å². The molecule has 1 atom stereocenters. The van der Waals surface area contributed by atoms with E-state index in [9.17, 15) is 9.90 Å². The minimum Gasteiger partial charge on any atom is -0.478 e. The normalized spacial score (nSPS) is 15.0. The number of fused-ring (bicyclic) bond motifs is 1. The molecule has 3 N–H and O–H groups in total. The summed E-state index contributed by atoms with van der Waals surface area (Å²) in [6.45, 7) is 2.78. The zero-order valence-electron chi connectivity index (χ0n) is 19.3. The van der Waals surface area contributed by atoms with Gasteiger partial charge >= 0.3 is 5.97 Å². The van der Waals surface area contributed by atoms with E-state index in [2.05, 4.69) is 27.6 Å². The molecule has 0 bridgehead atoms. The fourth-order valence-electron chi connectivity index (χ4n) is 5.16. The number of benzene rings is 2. The topological polar surface area (TPSA) is 97.3 Å². The van der Waals surface area contributed by atoms with Gasteiger partial charge in [0.05, 0.1) is 23.2 Å². The summed E-state index contributed by atoms with van der Waals surface area (Å²) in [5, 5.41) is 15.8. The van der Waals surface area contributed by atoms with Crippen molar-refractivity contribution in [1.82, 2.24) is 14.8 Å². The monoisotopic (exact) mass is 455 g/mol. The highest BCUT2D eigenvalue weighted by Gasteiger charge is 2.29. The first-order valence-electron chi connectivity index (χ1n) is 11.8.